The summed E-state index contributed by atoms with van der Waals surface area (Å²) in [5.41, 5.74) is 0. The fraction of sp³-hybridized carbons (Fsp3) is 0.857. The summed E-state index contributed by atoms with van der Waals surface area (Å²) in [6.07, 6.45) is 22.7. The molecule has 2 unspecified atom stereocenters. The molecule has 1 N–H and O–H groups in total. The number of aliphatic hydroxyl groups excluding tert-OH is 1. The van der Waals surface area contributed by atoms with Gasteiger partial charge in [0.15, 0.2) is 12.6 Å². The molecule has 140 valence electrons. The van der Waals surface area contributed by atoms with E-state index in [4.69, 9.17) is 0 Å². The zero-order valence-electron chi connectivity index (χ0n) is 16.3. The van der Waals surface area contributed by atoms with Crippen LogP contribution in [0.1, 0.15) is 90.9 Å². The van der Waals surface area contributed by atoms with Crippen LogP contribution >= 0.6 is 0 Å². The van der Waals surface area contributed by atoms with E-state index >= 15 is 0 Å². The van der Waals surface area contributed by atoms with Gasteiger partial charge in [0.2, 0.25) is 0 Å². The second kappa shape index (κ2) is 13.6. The molecule has 0 amide bonds. The molecule has 0 aromatic rings. The fourth-order valence-electron chi connectivity index (χ4n) is 3.41. The van der Waals surface area contributed by atoms with E-state index < -0.39 is 0 Å². The van der Waals surface area contributed by atoms with Gasteiger partial charge in [0.05, 0.1) is 6.54 Å². The molecule has 0 aliphatic carbocycles. The van der Waals surface area contributed by atoms with E-state index in [1.54, 1.807) is 0 Å². The Hall–Kier alpha value is -0.670. The van der Waals surface area contributed by atoms with Crippen LogP contribution in [0.25, 0.3) is 0 Å². The first-order valence-electron chi connectivity index (χ1n) is 10.4. The van der Waals surface area contributed by atoms with E-state index in [1.165, 1.54) is 77.0 Å². The average molecular weight is 338 g/mol. The number of unbranched alkanes of at least 4 members (excludes halogenated alkanes) is 11. The van der Waals surface area contributed by atoms with Crippen LogP contribution in [0.2, 0.25) is 0 Å². The molecule has 3 nitrogen and oxygen atoms in total. The Kier molecular flexibility index (Phi) is 12.1. The molecule has 0 fully saturated rings. The number of quaternary nitrogens is 1. The van der Waals surface area contributed by atoms with E-state index in [2.05, 4.69) is 24.1 Å². The molecule has 1 rings (SSSR count). The van der Waals surface area contributed by atoms with Crippen molar-refractivity contribution in [1.82, 2.24) is 0 Å². The maximum atomic E-state index is 9.95. The number of aliphatic hydroxyl groups is 1. The summed E-state index contributed by atoms with van der Waals surface area (Å²) >= 11 is 0. The van der Waals surface area contributed by atoms with Crippen molar-refractivity contribution < 1.29 is 9.59 Å². The van der Waals surface area contributed by atoms with Crippen molar-refractivity contribution in [3.63, 3.8) is 0 Å². The van der Waals surface area contributed by atoms with Gasteiger partial charge in [-0.25, -0.2) is 4.99 Å². The van der Waals surface area contributed by atoms with Gasteiger partial charge in [-0.3, -0.25) is 4.48 Å². The summed E-state index contributed by atoms with van der Waals surface area (Å²) in [5.74, 6) is 0. The summed E-state index contributed by atoms with van der Waals surface area (Å²) in [6.45, 7) is 6.80. The highest BCUT2D eigenvalue weighted by molar-refractivity contribution is 5.48. The van der Waals surface area contributed by atoms with E-state index in [0.29, 0.717) is 4.48 Å². The van der Waals surface area contributed by atoms with Crippen molar-refractivity contribution in [2.24, 2.45) is 4.99 Å². The van der Waals surface area contributed by atoms with Crippen LogP contribution in [0.5, 0.6) is 0 Å². The topological polar surface area (TPSA) is 32.6 Å². The van der Waals surface area contributed by atoms with Crippen LogP contribution in [-0.2, 0) is 0 Å². The molecule has 1 heterocycles. The number of rotatable bonds is 15. The average Bonchev–Trinajstić information content (AvgIpc) is 3.05. The lowest BCUT2D eigenvalue weighted by Gasteiger charge is -2.31. The van der Waals surface area contributed by atoms with Gasteiger partial charge in [0.1, 0.15) is 13.1 Å². The zero-order valence-corrected chi connectivity index (χ0v) is 16.3. The lowest BCUT2D eigenvalue weighted by Crippen LogP contribution is -2.52. The highest BCUT2D eigenvalue weighted by Crippen LogP contribution is 2.15. The minimum absolute atomic E-state index is 0.358. The van der Waals surface area contributed by atoms with Crippen LogP contribution in [0, 0.1) is 0 Å². The Morgan fingerprint density at radius 2 is 1.54 bits per heavy atom. The molecule has 24 heavy (non-hydrogen) atoms. The third-order valence-corrected chi connectivity index (χ3v) is 5.29. The summed E-state index contributed by atoms with van der Waals surface area (Å²) in [7, 11) is 0. The molecule has 0 aromatic heterocycles. The van der Waals surface area contributed by atoms with Crippen molar-refractivity contribution in [2.45, 2.75) is 97.1 Å². The molecule has 1 aliphatic heterocycles. The van der Waals surface area contributed by atoms with Crippen molar-refractivity contribution in [2.75, 3.05) is 19.6 Å². The molecular weight excluding hydrogens is 296 g/mol. The third kappa shape index (κ3) is 8.98. The summed E-state index contributed by atoms with van der Waals surface area (Å²) < 4.78 is 0.606. The van der Waals surface area contributed by atoms with Crippen LogP contribution in [0.15, 0.2) is 17.1 Å². The Morgan fingerprint density at radius 1 is 0.958 bits per heavy atom. The Labute approximate surface area is 150 Å². The number of allylic oxidation sites excluding steroid dienone is 1. The monoisotopic (exact) mass is 337 g/mol. The van der Waals surface area contributed by atoms with E-state index in [9.17, 15) is 5.11 Å². The Bertz CT molecular complexity index is 352. The van der Waals surface area contributed by atoms with Crippen molar-refractivity contribution in [3.8, 4) is 0 Å². The molecule has 0 saturated heterocycles. The molecular formula is C21H41N2O+. The molecule has 2 atom stereocenters. The molecule has 0 spiro atoms. The number of hydrogen-bond donors (Lipinski definition) is 1. The van der Waals surface area contributed by atoms with Gasteiger partial charge in [-0.2, -0.15) is 0 Å². The summed E-state index contributed by atoms with van der Waals surface area (Å²) in [4.78, 5) is 4.30. The van der Waals surface area contributed by atoms with Gasteiger partial charge >= 0.3 is 0 Å². The fourth-order valence-corrected chi connectivity index (χ4v) is 3.41. The van der Waals surface area contributed by atoms with Gasteiger partial charge in [-0.15, -0.1) is 0 Å². The molecule has 0 radical (unpaired) electrons. The van der Waals surface area contributed by atoms with E-state index in [0.717, 1.165) is 19.6 Å². The maximum Gasteiger partial charge on any atom is 0.193 e. The van der Waals surface area contributed by atoms with Crippen LogP contribution in [0.3, 0.4) is 0 Å². The Balaban J connectivity index is 1.90. The highest BCUT2D eigenvalue weighted by atomic mass is 16.3. The predicted molar refractivity (Wildman–Crippen MR) is 105 cm³/mol. The van der Waals surface area contributed by atoms with Crippen molar-refractivity contribution >= 4 is 6.34 Å². The number of aliphatic imine (C=N–C) groups is 1. The summed E-state index contributed by atoms with van der Waals surface area (Å²) in [5, 5.41) is 9.95. The minimum atomic E-state index is -0.358. The first-order chi connectivity index (χ1) is 11.7. The van der Waals surface area contributed by atoms with Gasteiger partial charge in [-0.05, 0) is 18.9 Å². The van der Waals surface area contributed by atoms with Crippen molar-refractivity contribution in [3.05, 3.63) is 12.2 Å². The van der Waals surface area contributed by atoms with Gasteiger partial charge in [0.25, 0.3) is 0 Å². The molecule has 0 bridgehead atoms. The highest BCUT2D eigenvalue weighted by Gasteiger charge is 2.32. The Morgan fingerprint density at radius 3 is 2.04 bits per heavy atom. The van der Waals surface area contributed by atoms with Gasteiger partial charge in [-0.1, -0.05) is 77.2 Å². The first-order valence-corrected chi connectivity index (χ1v) is 10.4. The standard InChI is InChI=1S/C21H41N2O/c1-3-4-5-6-7-8-9-10-11-12-13-14-15-16-18-23(21(2)24)19-17-22-20-23/h15-16,20-21,24H,3-14,17-19H2,1-2H3/q+1. The van der Waals surface area contributed by atoms with Gasteiger partial charge in [0, 0.05) is 6.92 Å². The third-order valence-electron chi connectivity index (χ3n) is 5.29. The normalized spacial score (nSPS) is 21.8. The van der Waals surface area contributed by atoms with E-state index in [-0.39, 0.29) is 6.23 Å². The zero-order chi connectivity index (χ0) is 17.5. The van der Waals surface area contributed by atoms with Gasteiger partial charge < -0.3 is 5.11 Å². The second-order valence-corrected chi connectivity index (χ2v) is 7.46. The largest absolute Gasteiger partial charge is 0.345 e. The molecule has 0 aromatic carbocycles. The lowest BCUT2D eigenvalue weighted by molar-refractivity contribution is -0.871. The maximum absolute atomic E-state index is 9.95. The lowest BCUT2D eigenvalue weighted by atomic mass is 10.1. The first kappa shape index (κ1) is 21.4. The minimum Gasteiger partial charge on any atom is -0.345 e. The quantitative estimate of drug-likeness (QED) is 0.241. The second-order valence-electron chi connectivity index (χ2n) is 7.46. The van der Waals surface area contributed by atoms with Crippen LogP contribution in [-0.4, -0.2) is 41.8 Å². The molecule has 0 saturated carbocycles. The van der Waals surface area contributed by atoms with Crippen LogP contribution < -0.4 is 0 Å². The molecule has 3 heteroatoms. The smallest absolute Gasteiger partial charge is 0.193 e. The number of hydrogen-bond acceptors (Lipinski definition) is 2. The van der Waals surface area contributed by atoms with Crippen molar-refractivity contribution in [1.29, 1.82) is 0 Å². The summed E-state index contributed by atoms with van der Waals surface area (Å²) in [6, 6.07) is 0. The SMILES string of the molecule is CCCCCCCCCCCCCC=CC[N+]1(C(C)O)C=NCC1. The van der Waals surface area contributed by atoms with Crippen LogP contribution in [0.4, 0.5) is 0 Å². The van der Waals surface area contributed by atoms with E-state index in [1.807, 2.05) is 13.3 Å². The predicted octanol–water partition coefficient (Wildman–Crippen LogP) is 5.44. The number of nitrogens with zero attached hydrogens (tertiary/aromatic N) is 2. The molecule has 1 aliphatic rings.